The molecule has 0 atom stereocenters. The molecule has 1 aliphatic rings. The van der Waals surface area contributed by atoms with Gasteiger partial charge in [-0.05, 0) is 55.6 Å². The zero-order valence-corrected chi connectivity index (χ0v) is 13.8. The van der Waals surface area contributed by atoms with E-state index in [-0.39, 0.29) is 0 Å². The molecule has 1 saturated carbocycles. The van der Waals surface area contributed by atoms with Gasteiger partial charge in [-0.2, -0.15) is 0 Å². The van der Waals surface area contributed by atoms with Crippen molar-refractivity contribution < 1.29 is 9.47 Å². The van der Waals surface area contributed by atoms with Crippen molar-refractivity contribution >= 4 is 10.9 Å². The van der Waals surface area contributed by atoms with Crippen LogP contribution < -0.4 is 15.2 Å². The summed E-state index contributed by atoms with van der Waals surface area (Å²) in [5, 5.41) is 0.965. The second kappa shape index (κ2) is 7.79. The van der Waals surface area contributed by atoms with Gasteiger partial charge in [0.2, 0.25) is 0 Å². The van der Waals surface area contributed by atoms with Crippen LogP contribution >= 0.6 is 0 Å². The van der Waals surface area contributed by atoms with Crippen molar-refractivity contribution in [2.75, 3.05) is 13.7 Å². The third-order valence-electron chi connectivity index (χ3n) is 3.91. The topological polar surface area (TPSA) is 57.4 Å². The fourth-order valence-electron chi connectivity index (χ4n) is 2.29. The third-order valence-corrected chi connectivity index (χ3v) is 3.91. The van der Waals surface area contributed by atoms with E-state index in [1.165, 1.54) is 12.8 Å². The number of para-hydroxylation sites is 1. The lowest BCUT2D eigenvalue weighted by atomic mass is 10.2. The van der Waals surface area contributed by atoms with Crippen LogP contribution in [0.4, 0.5) is 0 Å². The van der Waals surface area contributed by atoms with Crippen LogP contribution in [-0.4, -0.2) is 18.6 Å². The summed E-state index contributed by atoms with van der Waals surface area (Å²) in [6.07, 6.45) is 4.51. The molecule has 1 aliphatic carbocycles. The molecule has 0 aliphatic heterocycles. The van der Waals surface area contributed by atoms with E-state index < -0.39 is 0 Å². The minimum absolute atomic E-state index is 0.789. The van der Waals surface area contributed by atoms with Crippen molar-refractivity contribution in [2.45, 2.75) is 12.8 Å². The van der Waals surface area contributed by atoms with Crippen molar-refractivity contribution in [1.82, 2.24) is 4.98 Å². The first-order valence-electron chi connectivity index (χ1n) is 8.16. The molecule has 1 fully saturated rings. The molecule has 0 bridgehead atoms. The number of pyridine rings is 1. The van der Waals surface area contributed by atoms with Gasteiger partial charge in [-0.15, -0.1) is 0 Å². The number of nitrogens with two attached hydrogens (primary N) is 1. The Hall–Kier alpha value is -2.59. The number of ether oxygens (including phenoxy) is 2. The van der Waals surface area contributed by atoms with Crippen LogP contribution in [0.15, 0.2) is 60.8 Å². The third kappa shape index (κ3) is 4.24. The largest absolute Gasteiger partial charge is 0.497 e. The highest BCUT2D eigenvalue weighted by Crippen LogP contribution is 2.30. The minimum Gasteiger partial charge on any atom is -0.497 e. The van der Waals surface area contributed by atoms with E-state index in [9.17, 15) is 0 Å². The van der Waals surface area contributed by atoms with Crippen LogP contribution in [-0.2, 0) is 0 Å². The van der Waals surface area contributed by atoms with E-state index >= 15 is 0 Å². The van der Waals surface area contributed by atoms with Gasteiger partial charge in [0.15, 0.2) is 0 Å². The summed E-state index contributed by atoms with van der Waals surface area (Å²) in [5.74, 6) is 3.30. The molecule has 0 amide bonds. The van der Waals surface area contributed by atoms with Crippen molar-refractivity contribution in [3.8, 4) is 17.2 Å². The Balaban J connectivity index is 0.000000290. The summed E-state index contributed by atoms with van der Waals surface area (Å²) >= 11 is 0. The van der Waals surface area contributed by atoms with E-state index in [1.807, 2.05) is 54.6 Å². The number of benzene rings is 2. The standard InChI is InChI=1S/C16H13NO2.C4H9N/c1-18-13-7-8-14-15(11-13)17-10-9-16(14)19-12-5-3-2-4-6-12;5-3-4-1-2-4/h2-11H,1H3;4H,1-3,5H2. The summed E-state index contributed by atoms with van der Waals surface area (Å²) in [6.45, 7) is 0.917. The molecule has 2 N–H and O–H groups in total. The van der Waals surface area contributed by atoms with Crippen molar-refractivity contribution in [1.29, 1.82) is 0 Å². The zero-order chi connectivity index (χ0) is 16.8. The number of aromatic nitrogens is 1. The SMILES string of the molecule is COc1ccc2c(Oc3ccccc3)ccnc2c1.NCC1CC1. The van der Waals surface area contributed by atoms with E-state index in [4.69, 9.17) is 15.2 Å². The summed E-state index contributed by atoms with van der Waals surface area (Å²) in [5.41, 5.74) is 6.09. The van der Waals surface area contributed by atoms with Gasteiger partial charge >= 0.3 is 0 Å². The van der Waals surface area contributed by atoms with Crippen LogP contribution in [0.25, 0.3) is 10.9 Å². The summed E-state index contributed by atoms with van der Waals surface area (Å²) in [6, 6.07) is 17.3. The predicted octanol–water partition coefficient (Wildman–Crippen LogP) is 4.39. The number of nitrogens with zero attached hydrogens (tertiary/aromatic N) is 1. The fourth-order valence-corrected chi connectivity index (χ4v) is 2.29. The van der Waals surface area contributed by atoms with Crippen LogP contribution in [0.2, 0.25) is 0 Å². The van der Waals surface area contributed by atoms with Crippen molar-refractivity contribution in [2.24, 2.45) is 11.7 Å². The lowest BCUT2D eigenvalue weighted by molar-refractivity contribution is 0.415. The highest BCUT2D eigenvalue weighted by molar-refractivity contribution is 5.86. The molecule has 0 radical (unpaired) electrons. The fraction of sp³-hybridized carbons (Fsp3) is 0.250. The normalized spacial score (nSPS) is 13.1. The Bertz CT molecular complexity index is 786. The zero-order valence-electron chi connectivity index (χ0n) is 13.8. The van der Waals surface area contributed by atoms with Gasteiger partial charge in [-0.25, -0.2) is 0 Å². The average Bonchev–Trinajstić information content (AvgIpc) is 3.47. The van der Waals surface area contributed by atoms with Crippen LogP contribution in [0, 0.1) is 5.92 Å². The lowest BCUT2D eigenvalue weighted by Crippen LogP contribution is -1.98. The molecular formula is C20H22N2O2. The summed E-state index contributed by atoms with van der Waals surface area (Å²) in [4.78, 5) is 4.33. The molecule has 4 rings (SSSR count). The van der Waals surface area contributed by atoms with E-state index in [0.717, 1.165) is 40.6 Å². The van der Waals surface area contributed by atoms with Gasteiger partial charge in [0.05, 0.1) is 12.6 Å². The van der Waals surface area contributed by atoms with Crippen LogP contribution in [0.3, 0.4) is 0 Å². The smallest absolute Gasteiger partial charge is 0.138 e. The number of methoxy groups -OCH3 is 1. The van der Waals surface area contributed by atoms with Gasteiger partial charge in [-0.1, -0.05) is 18.2 Å². The molecule has 3 aromatic rings. The van der Waals surface area contributed by atoms with Crippen molar-refractivity contribution in [3.63, 3.8) is 0 Å². The molecule has 1 aromatic heterocycles. The summed E-state index contributed by atoms with van der Waals surface area (Å²) in [7, 11) is 1.64. The number of fused-ring (bicyclic) bond motifs is 1. The molecule has 0 spiro atoms. The Labute approximate surface area is 142 Å². The lowest BCUT2D eigenvalue weighted by Gasteiger charge is -2.09. The maximum absolute atomic E-state index is 5.88. The molecule has 0 saturated heterocycles. The van der Waals surface area contributed by atoms with Gasteiger partial charge in [-0.3, -0.25) is 4.98 Å². The predicted molar refractivity (Wildman–Crippen MR) is 96.6 cm³/mol. The van der Waals surface area contributed by atoms with Crippen molar-refractivity contribution in [3.05, 3.63) is 60.8 Å². The Morgan fingerprint density at radius 1 is 1.04 bits per heavy atom. The maximum atomic E-state index is 5.88. The number of hydrogen-bond acceptors (Lipinski definition) is 4. The average molecular weight is 322 g/mol. The monoisotopic (exact) mass is 322 g/mol. The second-order valence-electron chi connectivity index (χ2n) is 5.79. The van der Waals surface area contributed by atoms with Crippen LogP contribution in [0.1, 0.15) is 12.8 Å². The van der Waals surface area contributed by atoms with Gasteiger partial charge in [0.1, 0.15) is 17.2 Å². The van der Waals surface area contributed by atoms with Gasteiger partial charge in [0, 0.05) is 17.6 Å². The highest BCUT2D eigenvalue weighted by Gasteiger charge is 2.17. The molecule has 2 aromatic carbocycles. The van der Waals surface area contributed by atoms with Crippen LogP contribution in [0.5, 0.6) is 17.2 Å². The first-order valence-corrected chi connectivity index (χ1v) is 8.16. The number of rotatable bonds is 4. The molecular weight excluding hydrogens is 300 g/mol. The molecule has 124 valence electrons. The van der Waals surface area contributed by atoms with Gasteiger partial charge < -0.3 is 15.2 Å². The Morgan fingerprint density at radius 3 is 2.46 bits per heavy atom. The highest BCUT2D eigenvalue weighted by atomic mass is 16.5. The Morgan fingerprint density at radius 2 is 1.83 bits per heavy atom. The first-order chi connectivity index (χ1) is 11.8. The number of hydrogen-bond donors (Lipinski definition) is 1. The molecule has 0 unspecified atom stereocenters. The second-order valence-corrected chi connectivity index (χ2v) is 5.79. The summed E-state index contributed by atoms with van der Waals surface area (Å²) < 4.78 is 11.1. The Kier molecular flexibility index (Phi) is 5.29. The van der Waals surface area contributed by atoms with Gasteiger partial charge in [0.25, 0.3) is 0 Å². The van der Waals surface area contributed by atoms with E-state index in [2.05, 4.69) is 4.98 Å². The van der Waals surface area contributed by atoms with E-state index in [1.54, 1.807) is 13.3 Å². The maximum Gasteiger partial charge on any atom is 0.138 e. The molecule has 1 heterocycles. The minimum atomic E-state index is 0.789. The molecule has 4 nitrogen and oxygen atoms in total. The first kappa shape index (κ1) is 16.3. The van der Waals surface area contributed by atoms with E-state index in [0.29, 0.717) is 0 Å². The molecule has 4 heteroatoms. The molecule has 24 heavy (non-hydrogen) atoms. The quantitative estimate of drug-likeness (QED) is 0.774.